The number of rotatable bonds is 7. The monoisotopic (exact) mass is 605 g/mol. The lowest BCUT2D eigenvalue weighted by molar-refractivity contribution is -0.0705. The van der Waals surface area contributed by atoms with Gasteiger partial charge in [-0.2, -0.15) is 0 Å². The minimum absolute atomic E-state index is 0.171. The van der Waals surface area contributed by atoms with Crippen molar-refractivity contribution < 1.29 is 28.1 Å². The number of nitrogens with zero attached hydrogens (tertiary/aromatic N) is 3. The van der Waals surface area contributed by atoms with Gasteiger partial charge in [0.1, 0.15) is 11.6 Å². The highest BCUT2D eigenvalue weighted by Gasteiger charge is 2.57. The maximum atomic E-state index is 14.8. The standard InChI is InChI=1S/C33H33ClFN3O5/c1-32(22-9-8-21(34)18-24(22)35)42-28-6-4-5-26(29(28)43-32)37-13-11-33(12-14-37)19-23(33)30-36-25-10-7-20(31(39)41-3)17-27(25)38(30)15-16-40-2/h4-10,17-18,23H,11-16,19H2,1-3H3. The van der Waals surface area contributed by atoms with Gasteiger partial charge in [0.15, 0.2) is 11.5 Å². The molecule has 2 unspecified atom stereocenters. The molecular weight excluding hydrogens is 573 g/mol. The fourth-order valence-electron chi connectivity index (χ4n) is 6.86. The molecule has 0 radical (unpaired) electrons. The van der Waals surface area contributed by atoms with Crippen LogP contribution in [0.25, 0.3) is 11.0 Å². The minimum Gasteiger partial charge on any atom is -0.465 e. The molecule has 3 heterocycles. The average molecular weight is 606 g/mol. The van der Waals surface area contributed by atoms with Crippen molar-refractivity contribution in [2.75, 3.05) is 38.8 Å². The van der Waals surface area contributed by atoms with Crippen molar-refractivity contribution in [3.63, 3.8) is 0 Å². The molecule has 1 saturated heterocycles. The van der Waals surface area contributed by atoms with E-state index >= 15 is 0 Å². The SMILES string of the molecule is COCCn1c(C2CC23CCN(c2cccc4c2OC(C)(c2ccc(Cl)cc2F)O4)CC3)nc2ccc(C(=O)OC)cc21. The molecule has 2 fully saturated rings. The quantitative estimate of drug-likeness (QED) is 0.218. The van der Waals surface area contributed by atoms with Crippen LogP contribution in [0.1, 0.15) is 53.8 Å². The Hall–Kier alpha value is -3.82. The fraction of sp³-hybridized carbons (Fsp3) is 0.394. The summed E-state index contributed by atoms with van der Waals surface area (Å²) in [5.41, 5.74) is 3.72. The zero-order chi connectivity index (χ0) is 29.9. The minimum atomic E-state index is -1.29. The number of benzene rings is 3. The first kappa shape index (κ1) is 28.0. The predicted octanol–water partition coefficient (Wildman–Crippen LogP) is 6.68. The van der Waals surface area contributed by atoms with Crippen molar-refractivity contribution in [2.24, 2.45) is 5.41 Å². The number of anilines is 1. The highest BCUT2D eigenvalue weighted by atomic mass is 35.5. The molecule has 3 aromatic carbocycles. The summed E-state index contributed by atoms with van der Waals surface area (Å²) in [6.45, 7) is 4.65. The maximum Gasteiger partial charge on any atom is 0.337 e. The number of hydrogen-bond acceptors (Lipinski definition) is 7. The van der Waals surface area contributed by atoms with E-state index in [9.17, 15) is 9.18 Å². The van der Waals surface area contributed by atoms with Crippen LogP contribution in [0, 0.1) is 11.2 Å². The van der Waals surface area contributed by atoms with Crippen LogP contribution in [0.4, 0.5) is 10.1 Å². The molecule has 43 heavy (non-hydrogen) atoms. The molecule has 1 aliphatic carbocycles. The molecule has 3 aliphatic rings. The first-order valence-electron chi connectivity index (χ1n) is 14.5. The maximum absolute atomic E-state index is 14.8. The second kappa shape index (κ2) is 10.4. The number of piperidine rings is 1. The van der Waals surface area contributed by atoms with Gasteiger partial charge in [-0.05, 0) is 73.2 Å². The number of carbonyl (C=O) groups excluding carboxylic acids is 1. The number of carbonyl (C=O) groups is 1. The number of fused-ring (bicyclic) bond motifs is 2. The van der Waals surface area contributed by atoms with Crippen molar-refractivity contribution in [3.8, 4) is 11.5 Å². The Kier molecular flexibility index (Phi) is 6.78. The molecule has 7 rings (SSSR count). The van der Waals surface area contributed by atoms with E-state index in [1.165, 1.54) is 13.2 Å². The molecule has 1 aromatic heterocycles. The molecule has 224 valence electrons. The third-order valence-electron chi connectivity index (χ3n) is 9.30. The molecule has 2 aliphatic heterocycles. The van der Waals surface area contributed by atoms with E-state index in [4.69, 9.17) is 35.5 Å². The first-order valence-corrected chi connectivity index (χ1v) is 14.9. The zero-order valence-electron chi connectivity index (χ0n) is 24.4. The third-order valence-corrected chi connectivity index (χ3v) is 9.53. The normalized spacial score (nSPS) is 21.9. The number of halogens is 2. The number of imidazole rings is 1. The van der Waals surface area contributed by atoms with Crippen LogP contribution >= 0.6 is 11.6 Å². The third kappa shape index (κ3) is 4.69. The summed E-state index contributed by atoms with van der Waals surface area (Å²) in [5.74, 6) is 0.488. The molecule has 1 saturated carbocycles. The second-order valence-corrected chi connectivity index (χ2v) is 12.2. The summed E-state index contributed by atoms with van der Waals surface area (Å²) in [7, 11) is 3.08. The Morgan fingerprint density at radius 1 is 1.12 bits per heavy atom. The lowest BCUT2D eigenvalue weighted by Gasteiger charge is -2.35. The van der Waals surface area contributed by atoms with E-state index in [2.05, 4.69) is 9.47 Å². The van der Waals surface area contributed by atoms with E-state index in [-0.39, 0.29) is 11.4 Å². The van der Waals surface area contributed by atoms with Crippen molar-refractivity contribution in [2.45, 2.75) is 44.4 Å². The zero-order valence-corrected chi connectivity index (χ0v) is 25.1. The topological polar surface area (TPSA) is 75.0 Å². The van der Waals surface area contributed by atoms with Gasteiger partial charge >= 0.3 is 5.97 Å². The Morgan fingerprint density at radius 3 is 2.67 bits per heavy atom. The van der Waals surface area contributed by atoms with Crippen LogP contribution in [0.3, 0.4) is 0 Å². The average Bonchev–Trinajstić information content (AvgIpc) is 3.37. The first-order chi connectivity index (χ1) is 20.7. The fourth-order valence-corrected chi connectivity index (χ4v) is 7.02. The van der Waals surface area contributed by atoms with E-state index in [0.717, 1.165) is 54.9 Å². The van der Waals surface area contributed by atoms with Gasteiger partial charge in [-0.25, -0.2) is 14.2 Å². The molecule has 2 atom stereocenters. The van der Waals surface area contributed by atoms with Crippen molar-refractivity contribution >= 4 is 34.3 Å². The Balaban J connectivity index is 1.11. The van der Waals surface area contributed by atoms with Gasteiger partial charge in [0, 0.05) is 44.6 Å². The van der Waals surface area contributed by atoms with E-state index in [0.29, 0.717) is 46.7 Å². The van der Waals surface area contributed by atoms with E-state index in [1.807, 2.05) is 30.3 Å². The molecule has 0 amide bonds. The van der Waals surface area contributed by atoms with Crippen LogP contribution < -0.4 is 14.4 Å². The molecule has 4 aromatic rings. The number of methoxy groups -OCH3 is 2. The lowest BCUT2D eigenvalue weighted by atomic mass is 9.90. The summed E-state index contributed by atoms with van der Waals surface area (Å²) in [4.78, 5) is 19.6. The van der Waals surface area contributed by atoms with Crippen LogP contribution in [-0.4, -0.2) is 49.4 Å². The van der Waals surface area contributed by atoms with E-state index in [1.54, 1.807) is 32.2 Å². The van der Waals surface area contributed by atoms with Gasteiger partial charge in [0.2, 0.25) is 0 Å². The number of para-hydroxylation sites is 1. The van der Waals surface area contributed by atoms with Crippen LogP contribution in [0.2, 0.25) is 5.02 Å². The number of hydrogen-bond donors (Lipinski definition) is 0. The van der Waals surface area contributed by atoms with Gasteiger partial charge in [0.25, 0.3) is 5.79 Å². The summed E-state index contributed by atoms with van der Waals surface area (Å²) >= 11 is 5.98. The number of aromatic nitrogens is 2. The molecule has 1 spiro atoms. The van der Waals surface area contributed by atoms with Crippen molar-refractivity contribution in [3.05, 3.63) is 82.4 Å². The Bertz CT molecular complexity index is 1730. The van der Waals surface area contributed by atoms with E-state index < -0.39 is 11.6 Å². The van der Waals surface area contributed by atoms with Crippen LogP contribution in [0.5, 0.6) is 11.5 Å². The largest absolute Gasteiger partial charge is 0.465 e. The highest BCUT2D eigenvalue weighted by Crippen LogP contribution is 2.65. The van der Waals surface area contributed by atoms with Gasteiger partial charge in [-0.1, -0.05) is 17.7 Å². The molecule has 0 N–H and O–H groups in total. The van der Waals surface area contributed by atoms with Gasteiger partial charge in [-0.15, -0.1) is 0 Å². The molecule has 8 nitrogen and oxygen atoms in total. The highest BCUT2D eigenvalue weighted by molar-refractivity contribution is 6.30. The predicted molar refractivity (Wildman–Crippen MR) is 161 cm³/mol. The summed E-state index contributed by atoms with van der Waals surface area (Å²) in [6.07, 6.45) is 3.08. The van der Waals surface area contributed by atoms with Gasteiger partial charge in [-0.3, -0.25) is 0 Å². The second-order valence-electron chi connectivity index (χ2n) is 11.8. The van der Waals surface area contributed by atoms with Crippen LogP contribution in [0.15, 0.2) is 54.6 Å². The molecule has 0 bridgehead atoms. The lowest BCUT2D eigenvalue weighted by Crippen LogP contribution is -2.36. The van der Waals surface area contributed by atoms with Crippen molar-refractivity contribution in [1.29, 1.82) is 0 Å². The van der Waals surface area contributed by atoms with Gasteiger partial charge in [0.05, 0.1) is 41.6 Å². The molecular formula is C33H33ClFN3O5. The Morgan fingerprint density at radius 2 is 1.93 bits per heavy atom. The number of esters is 1. The summed E-state index contributed by atoms with van der Waals surface area (Å²) in [6, 6.07) is 15.9. The summed E-state index contributed by atoms with van der Waals surface area (Å²) < 4.78 is 40.0. The smallest absolute Gasteiger partial charge is 0.337 e. The Labute approximate surface area is 254 Å². The number of ether oxygens (including phenoxy) is 4. The summed E-state index contributed by atoms with van der Waals surface area (Å²) in [5, 5.41) is 0.321. The van der Waals surface area contributed by atoms with Crippen LogP contribution in [-0.2, 0) is 21.8 Å². The van der Waals surface area contributed by atoms with Crippen molar-refractivity contribution in [1.82, 2.24) is 9.55 Å². The van der Waals surface area contributed by atoms with Gasteiger partial charge < -0.3 is 28.4 Å². The molecule has 10 heteroatoms.